The van der Waals surface area contributed by atoms with Crippen LogP contribution in [0.4, 0.5) is 0 Å². The van der Waals surface area contributed by atoms with Gasteiger partial charge in [0.05, 0.1) is 6.61 Å². The summed E-state index contributed by atoms with van der Waals surface area (Å²) in [4.78, 5) is 2.71. The lowest BCUT2D eigenvalue weighted by atomic mass is 9.78. The maximum absolute atomic E-state index is 5.59. The Balaban J connectivity index is 0.00000120. The molecule has 3 heterocycles. The quantitative estimate of drug-likeness (QED) is 0.833. The van der Waals surface area contributed by atoms with E-state index in [1.54, 1.807) is 0 Å². The van der Waals surface area contributed by atoms with Gasteiger partial charge in [-0.3, -0.25) is 0 Å². The van der Waals surface area contributed by atoms with Crippen molar-refractivity contribution in [2.45, 2.75) is 32.1 Å². The zero-order valence-corrected chi connectivity index (χ0v) is 12.1. The molecule has 0 aromatic carbocycles. The van der Waals surface area contributed by atoms with E-state index in [0.717, 1.165) is 19.1 Å². The molecule has 3 fully saturated rings. The van der Waals surface area contributed by atoms with E-state index in [9.17, 15) is 0 Å². The molecule has 3 aliphatic rings. The van der Waals surface area contributed by atoms with Crippen LogP contribution in [0.5, 0.6) is 0 Å². The highest BCUT2D eigenvalue weighted by Crippen LogP contribution is 2.38. The van der Waals surface area contributed by atoms with Crippen LogP contribution in [-0.2, 0) is 4.74 Å². The summed E-state index contributed by atoms with van der Waals surface area (Å²) in [6.07, 6.45) is 6.87. The van der Waals surface area contributed by atoms with Gasteiger partial charge >= 0.3 is 0 Å². The van der Waals surface area contributed by atoms with Gasteiger partial charge in [-0.1, -0.05) is 0 Å². The Morgan fingerprint density at radius 1 is 1.22 bits per heavy atom. The highest BCUT2D eigenvalue weighted by Gasteiger charge is 2.39. The van der Waals surface area contributed by atoms with Gasteiger partial charge in [-0.15, -0.1) is 12.4 Å². The zero-order valence-electron chi connectivity index (χ0n) is 11.3. The molecule has 3 nitrogen and oxygen atoms in total. The number of hydrogen-bond donors (Lipinski definition) is 1. The third kappa shape index (κ3) is 3.38. The van der Waals surface area contributed by atoms with Gasteiger partial charge < -0.3 is 15.0 Å². The van der Waals surface area contributed by atoms with E-state index < -0.39 is 0 Å². The first-order chi connectivity index (χ1) is 8.36. The fourth-order valence-electron chi connectivity index (χ4n) is 3.87. The van der Waals surface area contributed by atoms with E-state index in [4.69, 9.17) is 4.74 Å². The predicted octanol–water partition coefficient (Wildman–Crippen LogP) is 1.91. The number of nitrogens with zero attached hydrogens (tertiary/aromatic N) is 1. The molecule has 3 saturated heterocycles. The topological polar surface area (TPSA) is 24.5 Å². The van der Waals surface area contributed by atoms with Crippen LogP contribution in [0.15, 0.2) is 0 Å². The summed E-state index contributed by atoms with van der Waals surface area (Å²) in [5, 5.41) is 3.49. The molecule has 0 saturated carbocycles. The number of halogens is 1. The van der Waals surface area contributed by atoms with Crippen molar-refractivity contribution in [1.82, 2.24) is 10.2 Å². The summed E-state index contributed by atoms with van der Waals surface area (Å²) < 4.78 is 5.59. The monoisotopic (exact) mass is 274 g/mol. The highest BCUT2D eigenvalue weighted by molar-refractivity contribution is 5.85. The van der Waals surface area contributed by atoms with Crippen LogP contribution in [0.1, 0.15) is 32.1 Å². The van der Waals surface area contributed by atoms with Gasteiger partial charge in [-0.2, -0.15) is 0 Å². The SMILES string of the molecule is C1COCC(CN2CCC3(CCNCC3)C2)C1.Cl. The Hall–Kier alpha value is 0.170. The fraction of sp³-hybridized carbons (Fsp3) is 1.00. The molecule has 18 heavy (non-hydrogen) atoms. The lowest BCUT2D eigenvalue weighted by molar-refractivity contribution is 0.0395. The van der Waals surface area contributed by atoms with Gasteiger partial charge in [-0.25, -0.2) is 0 Å². The van der Waals surface area contributed by atoms with Crippen molar-refractivity contribution < 1.29 is 4.74 Å². The average Bonchev–Trinajstić information content (AvgIpc) is 2.74. The van der Waals surface area contributed by atoms with Crippen LogP contribution >= 0.6 is 12.4 Å². The molecule has 3 rings (SSSR count). The van der Waals surface area contributed by atoms with E-state index in [1.807, 2.05) is 0 Å². The number of piperidine rings is 1. The van der Waals surface area contributed by atoms with Crippen LogP contribution in [0, 0.1) is 11.3 Å². The second-order valence-electron chi connectivity index (χ2n) is 6.32. The normalized spacial score (nSPS) is 32.3. The van der Waals surface area contributed by atoms with Crippen LogP contribution in [-0.4, -0.2) is 50.8 Å². The van der Waals surface area contributed by atoms with Crippen LogP contribution in [0.25, 0.3) is 0 Å². The highest BCUT2D eigenvalue weighted by atomic mass is 35.5. The summed E-state index contributed by atoms with van der Waals surface area (Å²) >= 11 is 0. The molecule has 1 spiro atoms. The van der Waals surface area contributed by atoms with E-state index in [2.05, 4.69) is 10.2 Å². The summed E-state index contributed by atoms with van der Waals surface area (Å²) in [5.74, 6) is 0.806. The second kappa shape index (κ2) is 6.56. The molecule has 1 N–H and O–H groups in total. The van der Waals surface area contributed by atoms with E-state index in [-0.39, 0.29) is 12.4 Å². The standard InChI is InChI=1S/C14H26N2O.ClH/c1-2-13(11-17-9-1)10-16-8-5-14(12-16)3-6-15-7-4-14;/h13,15H,1-12H2;1H. The van der Waals surface area contributed by atoms with Crippen molar-refractivity contribution in [3.63, 3.8) is 0 Å². The van der Waals surface area contributed by atoms with Gasteiger partial charge in [-0.05, 0) is 63.1 Å². The van der Waals surface area contributed by atoms with Crippen molar-refractivity contribution in [2.24, 2.45) is 11.3 Å². The summed E-state index contributed by atoms with van der Waals surface area (Å²) in [7, 11) is 0. The molecule has 1 unspecified atom stereocenters. The largest absolute Gasteiger partial charge is 0.381 e. The van der Waals surface area contributed by atoms with Gasteiger partial charge in [0.15, 0.2) is 0 Å². The lowest BCUT2D eigenvalue weighted by Crippen LogP contribution is -2.40. The van der Waals surface area contributed by atoms with E-state index in [1.165, 1.54) is 64.8 Å². The molecule has 1 atom stereocenters. The number of likely N-dealkylation sites (tertiary alicyclic amines) is 1. The van der Waals surface area contributed by atoms with Crippen molar-refractivity contribution in [2.75, 3.05) is 45.9 Å². The van der Waals surface area contributed by atoms with Crippen LogP contribution in [0.3, 0.4) is 0 Å². The maximum atomic E-state index is 5.59. The minimum Gasteiger partial charge on any atom is -0.381 e. The predicted molar refractivity (Wildman–Crippen MR) is 76.4 cm³/mol. The second-order valence-corrected chi connectivity index (χ2v) is 6.32. The van der Waals surface area contributed by atoms with Crippen molar-refractivity contribution in [3.8, 4) is 0 Å². The van der Waals surface area contributed by atoms with Gasteiger partial charge in [0, 0.05) is 19.7 Å². The van der Waals surface area contributed by atoms with Gasteiger partial charge in [0.1, 0.15) is 0 Å². The minimum absolute atomic E-state index is 0. The van der Waals surface area contributed by atoms with Crippen LogP contribution in [0.2, 0.25) is 0 Å². The van der Waals surface area contributed by atoms with Crippen molar-refractivity contribution >= 4 is 12.4 Å². The molecule has 0 bridgehead atoms. The Bertz CT molecular complexity index is 250. The Labute approximate surface area is 117 Å². The van der Waals surface area contributed by atoms with Crippen molar-refractivity contribution in [1.29, 1.82) is 0 Å². The summed E-state index contributed by atoms with van der Waals surface area (Å²) in [5.41, 5.74) is 0.667. The summed E-state index contributed by atoms with van der Waals surface area (Å²) in [6, 6.07) is 0. The Kier molecular flexibility index (Phi) is 5.31. The lowest BCUT2D eigenvalue weighted by Gasteiger charge is -2.34. The number of hydrogen-bond acceptors (Lipinski definition) is 3. The molecule has 0 aliphatic carbocycles. The van der Waals surface area contributed by atoms with Crippen LogP contribution < -0.4 is 5.32 Å². The smallest absolute Gasteiger partial charge is 0.0506 e. The molecule has 0 aromatic rings. The van der Waals surface area contributed by atoms with E-state index >= 15 is 0 Å². The van der Waals surface area contributed by atoms with Gasteiger partial charge in [0.2, 0.25) is 0 Å². The minimum atomic E-state index is 0. The molecular formula is C14H27ClN2O. The first-order valence-electron chi connectivity index (χ1n) is 7.37. The zero-order chi connectivity index (χ0) is 11.6. The number of rotatable bonds is 2. The van der Waals surface area contributed by atoms with E-state index in [0.29, 0.717) is 5.41 Å². The molecule has 0 amide bonds. The average molecular weight is 275 g/mol. The molecule has 0 radical (unpaired) electrons. The summed E-state index contributed by atoms with van der Waals surface area (Å²) in [6.45, 7) is 8.44. The van der Waals surface area contributed by atoms with Crippen molar-refractivity contribution in [3.05, 3.63) is 0 Å². The third-order valence-corrected chi connectivity index (χ3v) is 4.95. The maximum Gasteiger partial charge on any atom is 0.0506 e. The Morgan fingerprint density at radius 3 is 2.78 bits per heavy atom. The molecule has 0 aromatic heterocycles. The molecule has 3 aliphatic heterocycles. The van der Waals surface area contributed by atoms with Gasteiger partial charge in [0.25, 0.3) is 0 Å². The molecular weight excluding hydrogens is 248 g/mol. The molecule has 4 heteroatoms. The first-order valence-corrected chi connectivity index (χ1v) is 7.37. The Morgan fingerprint density at radius 2 is 2.06 bits per heavy atom. The molecule has 106 valence electrons. The fourth-order valence-corrected chi connectivity index (χ4v) is 3.87. The third-order valence-electron chi connectivity index (χ3n) is 4.95. The number of ether oxygens (including phenoxy) is 1. The first kappa shape index (κ1) is 14.6. The number of nitrogens with one attached hydrogen (secondary N) is 1.